The Morgan fingerprint density at radius 2 is 2.07 bits per heavy atom. The van der Waals surface area contributed by atoms with E-state index < -0.39 is 13.0 Å². The largest absolute Gasteiger partial charge is 0.350 e. The van der Waals surface area contributed by atoms with E-state index in [1.807, 2.05) is 6.92 Å². The molecule has 0 aromatic heterocycles. The summed E-state index contributed by atoms with van der Waals surface area (Å²) in [7, 11) is 0. The first kappa shape index (κ1) is 14.3. The molecule has 0 aliphatic carbocycles. The number of hydrogen-bond donors (Lipinski definition) is 2. The highest BCUT2D eigenvalue weighted by Gasteiger charge is 2.10. The van der Waals surface area contributed by atoms with E-state index in [2.05, 4.69) is 5.32 Å². The predicted octanol–water partition coefficient (Wildman–Crippen LogP) is 1.52. The molecular weight excluding hydrogens is 202 g/mol. The van der Waals surface area contributed by atoms with Crippen LogP contribution in [0.2, 0.25) is 0 Å². The molecule has 0 radical (unpaired) electrons. The highest BCUT2D eigenvalue weighted by Crippen LogP contribution is 2.14. The van der Waals surface area contributed by atoms with E-state index in [1.54, 1.807) is 0 Å². The second kappa shape index (κ2) is 8.59. The van der Waals surface area contributed by atoms with Gasteiger partial charge in [-0.25, -0.2) is 8.78 Å². The Labute approximate surface area is 89.4 Å². The quantitative estimate of drug-likeness (QED) is 0.654. The first-order chi connectivity index (χ1) is 7.10. The molecule has 0 aliphatic rings. The minimum atomic E-state index is -2.47. The van der Waals surface area contributed by atoms with Crippen LogP contribution in [0.3, 0.4) is 0 Å². The molecule has 1 amide bonds. The van der Waals surface area contributed by atoms with Gasteiger partial charge in [-0.15, -0.1) is 0 Å². The fourth-order valence-electron chi connectivity index (χ4n) is 1.40. The summed E-state index contributed by atoms with van der Waals surface area (Å²) >= 11 is 0. The summed E-state index contributed by atoms with van der Waals surface area (Å²) in [5.41, 5.74) is 5.41. The van der Waals surface area contributed by atoms with Crippen LogP contribution >= 0.6 is 0 Å². The topological polar surface area (TPSA) is 55.1 Å². The molecular formula is C10H20F2N2O. The Bertz CT molecular complexity index is 177. The molecule has 15 heavy (non-hydrogen) atoms. The molecule has 0 saturated heterocycles. The van der Waals surface area contributed by atoms with Crippen molar-refractivity contribution in [3.63, 3.8) is 0 Å². The van der Waals surface area contributed by atoms with Crippen LogP contribution in [0, 0.1) is 5.92 Å². The van der Waals surface area contributed by atoms with Crippen molar-refractivity contribution in [1.29, 1.82) is 0 Å². The number of hydrogen-bond acceptors (Lipinski definition) is 2. The van der Waals surface area contributed by atoms with Gasteiger partial charge in [0.15, 0.2) is 0 Å². The van der Waals surface area contributed by atoms with Gasteiger partial charge in [-0.2, -0.15) is 0 Å². The molecule has 0 saturated carbocycles. The summed E-state index contributed by atoms with van der Waals surface area (Å²) in [6.45, 7) is 2.10. The normalized spacial score (nSPS) is 12.9. The molecule has 0 aromatic rings. The van der Waals surface area contributed by atoms with E-state index >= 15 is 0 Å². The van der Waals surface area contributed by atoms with Gasteiger partial charge in [0.05, 0.1) is 6.54 Å². The third-order valence-electron chi connectivity index (χ3n) is 2.39. The van der Waals surface area contributed by atoms with Gasteiger partial charge in [-0.05, 0) is 25.3 Å². The fraction of sp³-hybridized carbons (Fsp3) is 0.900. The Morgan fingerprint density at radius 1 is 1.40 bits per heavy atom. The van der Waals surface area contributed by atoms with Gasteiger partial charge in [0.1, 0.15) is 0 Å². The Hall–Kier alpha value is -0.710. The lowest BCUT2D eigenvalue weighted by Gasteiger charge is -2.12. The summed E-state index contributed by atoms with van der Waals surface area (Å²) in [5, 5.41) is 2.18. The van der Waals surface area contributed by atoms with Crippen LogP contribution in [0.5, 0.6) is 0 Å². The van der Waals surface area contributed by atoms with Gasteiger partial charge in [-0.1, -0.05) is 13.3 Å². The Morgan fingerprint density at radius 3 is 2.53 bits per heavy atom. The van der Waals surface area contributed by atoms with E-state index in [-0.39, 0.29) is 5.91 Å². The van der Waals surface area contributed by atoms with Gasteiger partial charge in [0.2, 0.25) is 5.91 Å². The van der Waals surface area contributed by atoms with E-state index in [0.29, 0.717) is 18.9 Å². The zero-order chi connectivity index (χ0) is 11.7. The number of rotatable bonds is 8. The lowest BCUT2D eigenvalue weighted by molar-refractivity contribution is -0.122. The summed E-state index contributed by atoms with van der Waals surface area (Å²) in [6, 6.07) is 0. The van der Waals surface area contributed by atoms with Gasteiger partial charge in [0.25, 0.3) is 6.43 Å². The average Bonchev–Trinajstić information content (AvgIpc) is 2.21. The lowest BCUT2D eigenvalue weighted by atomic mass is 9.96. The second-order valence-corrected chi connectivity index (χ2v) is 3.59. The standard InChI is InChI=1S/C10H20F2N2O/c1-2-8(5-6-13)3-4-10(15)14-7-9(11)12/h8-9H,2-7,13H2,1H3,(H,14,15). The number of nitrogens with one attached hydrogen (secondary N) is 1. The Balaban J connectivity index is 3.59. The van der Waals surface area contributed by atoms with Crippen LogP contribution in [0.4, 0.5) is 8.78 Å². The summed E-state index contributed by atoms with van der Waals surface area (Å²) in [4.78, 5) is 11.1. The average molecular weight is 222 g/mol. The highest BCUT2D eigenvalue weighted by atomic mass is 19.3. The first-order valence-corrected chi connectivity index (χ1v) is 5.35. The lowest BCUT2D eigenvalue weighted by Crippen LogP contribution is -2.28. The zero-order valence-electron chi connectivity index (χ0n) is 9.14. The first-order valence-electron chi connectivity index (χ1n) is 5.35. The van der Waals surface area contributed by atoms with Crippen molar-refractivity contribution < 1.29 is 13.6 Å². The molecule has 1 atom stereocenters. The molecule has 3 nitrogen and oxygen atoms in total. The van der Waals surface area contributed by atoms with Crippen LogP contribution in [0.1, 0.15) is 32.6 Å². The van der Waals surface area contributed by atoms with Crippen molar-refractivity contribution in [3.05, 3.63) is 0 Å². The smallest absolute Gasteiger partial charge is 0.255 e. The highest BCUT2D eigenvalue weighted by molar-refractivity contribution is 5.75. The van der Waals surface area contributed by atoms with E-state index in [9.17, 15) is 13.6 Å². The number of halogens is 2. The van der Waals surface area contributed by atoms with E-state index in [0.717, 1.165) is 19.3 Å². The van der Waals surface area contributed by atoms with Gasteiger partial charge in [-0.3, -0.25) is 4.79 Å². The molecule has 0 rings (SSSR count). The Kier molecular flexibility index (Phi) is 8.18. The molecule has 0 spiro atoms. The maximum Gasteiger partial charge on any atom is 0.255 e. The number of alkyl halides is 2. The molecule has 0 aromatic carbocycles. The van der Waals surface area contributed by atoms with Crippen molar-refractivity contribution in [1.82, 2.24) is 5.32 Å². The maximum atomic E-state index is 11.7. The van der Waals surface area contributed by atoms with Crippen molar-refractivity contribution in [2.45, 2.75) is 39.0 Å². The number of amides is 1. The van der Waals surface area contributed by atoms with E-state index in [1.165, 1.54) is 0 Å². The van der Waals surface area contributed by atoms with Crippen molar-refractivity contribution >= 4 is 5.91 Å². The minimum absolute atomic E-state index is 0.300. The van der Waals surface area contributed by atoms with Gasteiger partial charge < -0.3 is 11.1 Å². The van der Waals surface area contributed by atoms with Crippen molar-refractivity contribution in [2.75, 3.05) is 13.1 Å². The van der Waals surface area contributed by atoms with Crippen LogP contribution < -0.4 is 11.1 Å². The summed E-state index contributed by atoms with van der Waals surface area (Å²) < 4.78 is 23.5. The molecule has 0 aliphatic heterocycles. The maximum absolute atomic E-state index is 11.7. The minimum Gasteiger partial charge on any atom is -0.350 e. The van der Waals surface area contributed by atoms with Crippen LogP contribution in [0.15, 0.2) is 0 Å². The number of carbonyl (C=O) groups excluding carboxylic acids is 1. The molecule has 0 fully saturated rings. The number of nitrogens with two attached hydrogens (primary N) is 1. The number of carbonyl (C=O) groups is 1. The second-order valence-electron chi connectivity index (χ2n) is 3.59. The monoisotopic (exact) mass is 222 g/mol. The van der Waals surface area contributed by atoms with Gasteiger partial charge in [0, 0.05) is 6.42 Å². The fourth-order valence-corrected chi connectivity index (χ4v) is 1.40. The van der Waals surface area contributed by atoms with Crippen LogP contribution in [-0.2, 0) is 4.79 Å². The third kappa shape index (κ3) is 8.30. The van der Waals surface area contributed by atoms with Crippen molar-refractivity contribution in [2.24, 2.45) is 11.7 Å². The van der Waals surface area contributed by atoms with Crippen molar-refractivity contribution in [3.8, 4) is 0 Å². The molecule has 0 heterocycles. The summed E-state index contributed by atoms with van der Waals surface area (Å²) in [5.74, 6) is 0.123. The molecule has 90 valence electrons. The summed E-state index contributed by atoms with van der Waals surface area (Å²) in [6.07, 6.45) is 0.423. The predicted molar refractivity (Wildman–Crippen MR) is 55.7 cm³/mol. The molecule has 3 N–H and O–H groups in total. The van der Waals surface area contributed by atoms with Gasteiger partial charge >= 0.3 is 0 Å². The zero-order valence-corrected chi connectivity index (χ0v) is 9.14. The third-order valence-corrected chi connectivity index (χ3v) is 2.39. The SMILES string of the molecule is CCC(CCN)CCC(=O)NCC(F)F. The molecule has 0 bridgehead atoms. The van der Waals surface area contributed by atoms with Crippen LogP contribution in [-0.4, -0.2) is 25.4 Å². The molecule has 5 heteroatoms. The van der Waals surface area contributed by atoms with Crippen LogP contribution in [0.25, 0.3) is 0 Å². The molecule has 1 unspecified atom stereocenters. The van der Waals surface area contributed by atoms with E-state index in [4.69, 9.17) is 5.73 Å².